The molecule has 2 fully saturated rings. The first-order chi connectivity index (χ1) is 11.8. The van der Waals surface area contributed by atoms with Crippen LogP contribution in [-0.4, -0.2) is 43.0 Å². The number of nitrogens with one attached hydrogen (secondary N) is 2. The minimum absolute atomic E-state index is 0.0854. The van der Waals surface area contributed by atoms with Gasteiger partial charge in [-0.3, -0.25) is 4.79 Å². The van der Waals surface area contributed by atoms with Gasteiger partial charge < -0.3 is 15.5 Å². The molecule has 1 aromatic carbocycles. The van der Waals surface area contributed by atoms with Crippen molar-refractivity contribution in [3.05, 3.63) is 30.3 Å². The Kier molecular flexibility index (Phi) is 6.53. The van der Waals surface area contributed by atoms with Gasteiger partial charge in [0.2, 0.25) is 5.91 Å². The van der Waals surface area contributed by atoms with Gasteiger partial charge in [0.25, 0.3) is 0 Å². The average Bonchev–Trinajstić information content (AvgIpc) is 3.16. The molecule has 1 aromatic rings. The van der Waals surface area contributed by atoms with E-state index in [1.54, 1.807) is 0 Å². The van der Waals surface area contributed by atoms with Gasteiger partial charge in [-0.1, -0.05) is 31.0 Å². The summed E-state index contributed by atoms with van der Waals surface area (Å²) in [5.74, 6) is 0.868. The summed E-state index contributed by atoms with van der Waals surface area (Å²) in [4.78, 5) is 14.6. The van der Waals surface area contributed by atoms with Crippen LogP contribution in [0.25, 0.3) is 0 Å². The van der Waals surface area contributed by atoms with E-state index in [-0.39, 0.29) is 5.91 Å². The summed E-state index contributed by atoms with van der Waals surface area (Å²) in [6, 6.07) is 10.7. The smallest absolute Gasteiger partial charge is 0.239 e. The van der Waals surface area contributed by atoms with Crippen molar-refractivity contribution >= 4 is 11.6 Å². The van der Waals surface area contributed by atoms with Crippen molar-refractivity contribution in [1.82, 2.24) is 10.2 Å². The molecule has 132 valence electrons. The SMILES string of the molecule is O=C(CNc1ccccc1)NCCC1CCN(C2CCCC2)CC1. The summed E-state index contributed by atoms with van der Waals surface area (Å²) >= 11 is 0. The molecule has 1 aliphatic carbocycles. The molecule has 2 N–H and O–H groups in total. The lowest BCUT2D eigenvalue weighted by atomic mass is 9.92. The van der Waals surface area contributed by atoms with Crippen LogP contribution in [0.5, 0.6) is 0 Å². The lowest BCUT2D eigenvalue weighted by Crippen LogP contribution is -2.40. The molecule has 4 heteroatoms. The number of amides is 1. The molecule has 1 heterocycles. The maximum atomic E-state index is 11.9. The number of carbonyl (C=O) groups is 1. The number of piperidine rings is 1. The largest absolute Gasteiger partial charge is 0.376 e. The molecule has 0 aromatic heterocycles. The minimum Gasteiger partial charge on any atom is -0.376 e. The Morgan fingerprint density at radius 3 is 2.46 bits per heavy atom. The van der Waals surface area contributed by atoms with Crippen molar-refractivity contribution in [1.29, 1.82) is 0 Å². The van der Waals surface area contributed by atoms with Crippen LogP contribution in [0.3, 0.4) is 0 Å². The minimum atomic E-state index is 0.0854. The maximum Gasteiger partial charge on any atom is 0.239 e. The van der Waals surface area contributed by atoms with E-state index in [9.17, 15) is 4.79 Å². The molecule has 2 aliphatic rings. The Morgan fingerprint density at radius 2 is 1.75 bits per heavy atom. The molecular formula is C20H31N3O. The van der Waals surface area contributed by atoms with Gasteiger partial charge in [0.05, 0.1) is 6.54 Å². The first kappa shape index (κ1) is 17.3. The topological polar surface area (TPSA) is 44.4 Å². The average molecular weight is 329 g/mol. The highest BCUT2D eigenvalue weighted by Crippen LogP contribution is 2.28. The van der Waals surface area contributed by atoms with Gasteiger partial charge in [-0.2, -0.15) is 0 Å². The fourth-order valence-electron chi connectivity index (χ4n) is 4.09. The predicted octanol–water partition coefficient (Wildman–Crippen LogP) is 3.26. The first-order valence-electron chi connectivity index (χ1n) is 9.61. The Morgan fingerprint density at radius 1 is 1.04 bits per heavy atom. The van der Waals surface area contributed by atoms with Gasteiger partial charge in [-0.15, -0.1) is 0 Å². The molecule has 3 rings (SSSR count). The van der Waals surface area contributed by atoms with Crippen molar-refractivity contribution in [3.63, 3.8) is 0 Å². The van der Waals surface area contributed by atoms with Gasteiger partial charge in [-0.05, 0) is 63.2 Å². The van der Waals surface area contributed by atoms with Gasteiger partial charge in [-0.25, -0.2) is 0 Å². The monoisotopic (exact) mass is 329 g/mol. The van der Waals surface area contributed by atoms with E-state index in [0.29, 0.717) is 6.54 Å². The van der Waals surface area contributed by atoms with Gasteiger partial charge in [0.1, 0.15) is 0 Å². The lowest BCUT2D eigenvalue weighted by Gasteiger charge is -2.36. The quantitative estimate of drug-likeness (QED) is 0.807. The van der Waals surface area contributed by atoms with Gasteiger partial charge in [0.15, 0.2) is 0 Å². The van der Waals surface area contributed by atoms with E-state index in [1.807, 2.05) is 30.3 Å². The number of anilines is 1. The zero-order valence-electron chi connectivity index (χ0n) is 14.7. The lowest BCUT2D eigenvalue weighted by molar-refractivity contribution is -0.119. The highest BCUT2D eigenvalue weighted by molar-refractivity contribution is 5.80. The van der Waals surface area contributed by atoms with Crippen molar-refractivity contribution in [2.24, 2.45) is 5.92 Å². The van der Waals surface area contributed by atoms with E-state index in [1.165, 1.54) is 51.6 Å². The molecule has 1 aliphatic heterocycles. The van der Waals surface area contributed by atoms with Crippen LogP contribution in [0.4, 0.5) is 5.69 Å². The summed E-state index contributed by atoms with van der Waals surface area (Å²) in [5, 5.41) is 6.20. The second-order valence-corrected chi connectivity index (χ2v) is 7.28. The second kappa shape index (κ2) is 9.07. The number of nitrogens with zero attached hydrogens (tertiary/aromatic N) is 1. The van der Waals surface area contributed by atoms with E-state index in [0.717, 1.165) is 30.6 Å². The Bertz CT molecular complexity index is 491. The first-order valence-corrected chi connectivity index (χ1v) is 9.61. The zero-order chi connectivity index (χ0) is 16.6. The summed E-state index contributed by atoms with van der Waals surface area (Å²) in [5.41, 5.74) is 0.993. The molecule has 0 unspecified atom stereocenters. The second-order valence-electron chi connectivity index (χ2n) is 7.28. The molecule has 1 saturated heterocycles. The number of likely N-dealkylation sites (tertiary alicyclic amines) is 1. The molecule has 4 nitrogen and oxygen atoms in total. The van der Waals surface area contributed by atoms with Gasteiger partial charge in [0, 0.05) is 18.3 Å². The third kappa shape index (κ3) is 5.23. The summed E-state index contributed by atoms with van der Waals surface area (Å²) < 4.78 is 0. The number of rotatable bonds is 7. The summed E-state index contributed by atoms with van der Waals surface area (Å²) in [6.45, 7) is 3.69. The predicted molar refractivity (Wildman–Crippen MR) is 99.1 cm³/mol. The number of hydrogen-bond acceptors (Lipinski definition) is 3. The van der Waals surface area contributed by atoms with Crippen LogP contribution >= 0.6 is 0 Å². The van der Waals surface area contributed by atoms with Crippen LogP contribution in [0.1, 0.15) is 44.9 Å². The Labute approximate surface area is 146 Å². The van der Waals surface area contributed by atoms with Crippen LogP contribution in [-0.2, 0) is 4.79 Å². The molecule has 1 saturated carbocycles. The highest BCUT2D eigenvalue weighted by Gasteiger charge is 2.26. The molecule has 1 amide bonds. The van der Waals surface area contributed by atoms with Crippen molar-refractivity contribution < 1.29 is 4.79 Å². The zero-order valence-corrected chi connectivity index (χ0v) is 14.7. The third-order valence-corrected chi connectivity index (χ3v) is 5.59. The normalized spacial score (nSPS) is 20.2. The van der Waals surface area contributed by atoms with Crippen LogP contribution < -0.4 is 10.6 Å². The summed E-state index contributed by atoms with van der Waals surface area (Å²) in [7, 11) is 0. The van der Waals surface area contributed by atoms with E-state index < -0.39 is 0 Å². The van der Waals surface area contributed by atoms with E-state index >= 15 is 0 Å². The highest BCUT2D eigenvalue weighted by atomic mass is 16.1. The third-order valence-electron chi connectivity index (χ3n) is 5.59. The standard InChI is InChI=1S/C20H31N3O/c24-20(16-22-18-6-2-1-3-7-18)21-13-10-17-11-14-23(15-12-17)19-8-4-5-9-19/h1-3,6-7,17,19,22H,4-5,8-16H2,(H,21,24). The number of para-hydroxylation sites is 1. The molecule has 0 radical (unpaired) electrons. The molecule has 0 spiro atoms. The van der Waals surface area contributed by atoms with Crippen LogP contribution in [0.2, 0.25) is 0 Å². The number of carbonyl (C=O) groups excluding carboxylic acids is 1. The van der Waals surface area contributed by atoms with Crippen molar-refractivity contribution in [2.75, 3.05) is 31.5 Å². The number of hydrogen-bond donors (Lipinski definition) is 2. The Hall–Kier alpha value is -1.55. The Balaban J connectivity index is 1.26. The van der Waals surface area contributed by atoms with Gasteiger partial charge >= 0.3 is 0 Å². The van der Waals surface area contributed by atoms with Crippen molar-refractivity contribution in [2.45, 2.75) is 51.0 Å². The molecule has 0 atom stereocenters. The fourth-order valence-corrected chi connectivity index (χ4v) is 4.09. The fraction of sp³-hybridized carbons (Fsp3) is 0.650. The molecule has 24 heavy (non-hydrogen) atoms. The van der Waals surface area contributed by atoms with Crippen molar-refractivity contribution in [3.8, 4) is 0 Å². The van der Waals surface area contributed by atoms with Crippen LogP contribution in [0.15, 0.2) is 30.3 Å². The van der Waals surface area contributed by atoms with E-state index in [2.05, 4.69) is 15.5 Å². The van der Waals surface area contributed by atoms with E-state index in [4.69, 9.17) is 0 Å². The molecular weight excluding hydrogens is 298 g/mol. The molecule has 0 bridgehead atoms. The number of benzene rings is 1. The maximum absolute atomic E-state index is 11.9. The van der Waals surface area contributed by atoms with Crippen LogP contribution in [0, 0.1) is 5.92 Å². The summed E-state index contributed by atoms with van der Waals surface area (Å²) in [6.07, 6.45) is 9.39.